The highest BCUT2D eigenvalue weighted by molar-refractivity contribution is 7.86. The largest absolute Gasteiger partial charge is 0.452 e. The van der Waals surface area contributed by atoms with Crippen molar-refractivity contribution in [3.05, 3.63) is 45.4 Å². The number of halogens is 3. The molecule has 0 amide bonds. The number of rotatable bonds is 3. The molecule has 3 N–H and O–H groups in total. The van der Waals surface area contributed by atoms with E-state index in [9.17, 15) is 13.0 Å². The molecule has 9 heteroatoms. The smallest absolute Gasteiger partial charge is 0.298 e. The molecule has 0 saturated heterocycles. The molecule has 2 aromatic carbocycles. The highest BCUT2D eigenvalue weighted by Crippen LogP contribution is 2.40. The van der Waals surface area contributed by atoms with Crippen molar-refractivity contribution in [1.29, 1.82) is 0 Å². The van der Waals surface area contributed by atoms with Crippen LogP contribution in [0.2, 0.25) is 15.1 Å². The topological polar surface area (TPSA) is 89.6 Å². The summed E-state index contributed by atoms with van der Waals surface area (Å²) >= 11 is 17.4. The third-order valence-electron chi connectivity index (χ3n) is 2.44. The molecule has 112 valence electrons. The Kier molecular flexibility index (Phi) is 4.55. The minimum Gasteiger partial charge on any atom is -0.452 e. The van der Waals surface area contributed by atoms with Crippen molar-refractivity contribution in [2.45, 2.75) is 4.90 Å². The van der Waals surface area contributed by atoms with Crippen LogP contribution in [0, 0.1) is 0 Å². The van der Waals surface area contributed by atoms with Crippen molar-refractivity contribution >= 4 is 50.6 Å². The van der Waals surface area contributed by atoms with Crippen LogP contribution in [0.5, 0.6) is 11.5 Å². The van der Waals surface area contributed by atoms with Gasteiger partial charge in [0.15, 0.2) is 11.5 Å². The lowest BCUT2D eigenvalue weighted by molar-refractivity contribution is 0.451. The predicted octanol–water partition coefficient (Wildman–Crippen LogP) is 4.27. The van der Waals surface area contributed by atoms with Gasteiger partial charge in [-0.25, -0.2) is 0 Å². The number of hydrogen-bond acceptors (Lipinski definition) is 4. The summed E-state index contributed by atoms with van der Waals surface area (Å²) in [7, 11) is -4.58. The highest BCUT2D eigenvalue weighted by atomic mass is 35.5. The number of anilines is 1. The molecule has 0 aromatic heterocycles. The molecule has 0 bridgehead atoms. The summed E-state index contributed by atoms with van der Waals surface area (Å²) in [5.41, 5.74) is 5.89. The zero-order valence-electron chi connectivity index (χ0n) is 10.2. The van der Waals surface area contributed by atoms with Crippen LogP contribution in [-0.2, 0) is 10.1 Å². The van der Waals surface area contributed by atoms with Gasteiger partial charge in [0.1, 0.15) is 4.90 Å². The molecule has 0 unspecified atom stereocenters. The molecule has 0 fully saturated rings. The minimum absolute atomic E-state index is 0.0315. The van der Waals surface area contributed by atoms with Crippen LogP contribution in [0.25, 0.3) is 0 Å². The first-order chi connectivity index (χ1) is 9.68. The van der Waals surface area contributed by atoms with E-state index in [4.69, 9.17) is 45.3 Å². The molecule has 5 nitrogen and oxygen atoms in total. The fourth-order valence-electron chi connectivity index (χ4n) is 1.55. The van der Waals surface area contributed by atoms with Gasteiger partial charge in [0.2, 0.25) is 0 Å². The summed E-state index contributed by atoms with van der Waals surface area (Å²) < 4.78 is 37.4. The van der Waals surface area contributed by atoms with Gasteiger partial charge in [0.05, 0.1) is 10.7 Å². The molecule has 21 heavy (non-hydrogen) atoms. The van der Waals surface area contributed by atoms with Crippen molar-refractivity contribution < 1.29 is 17.7 Å². The van der Waals surface area contributed by atoms with E-state index in [1.807, 2.05) is 0 Å². The van der Waals surface area contributed by atoms with E-state index < -0.39 is 15.0 Å². The first-order valence-corrected chi connectivity index (χ1v) is 7.95. The van der Waals surface area contributed by atoms with E-state index in [-0.39, 0.29) is 27.2 Å². The van der Waals surface area contributed by atoms with Gasteiger partial charge in [-0.15, -0.1) is 0 Å². The molecule has 0 aliphatic heterocycles. The second-order valence-corrected chi connectivity index (χ2v) is 6.64. The van der Waals surface area contributed by atoms with E-state index in [0.29, 0.717) is 5.02 Å². The molecule has 0 spiro atoms. The lowest BCUT2D eigenvalue weighted by Gasteiger charge is -2.13. The Labute approximate surface area is 135 Å². The Bertz CT molecular complexity index is 808. The summed E-state index contributed by atoms with van der Waals surface area (Å²) in [6.07, 6.45) is 0. The monoisotopic (exact) mass is 367 g/mol. The maximum absolute atomic E-state index is 11.4. The molecular formula is C12H8Cl3NO4S. The van der Waals surface area contributed by atoms with Crippen LogP contribution in [0.15, 0.2) is 35.2 Å². The highest BCUT2D eigenvalue weighted by Gasteiger charge is 2.22. The predicted molar refractivity (Wildman–Crippen MR) is 82.2 cm³/mol. The van der Waals surface area contributed by atoms with Gasteiger partial charge in [-0.3, -0.25) is 4.55 Å². The molecule has 0 heterocycles. The Morgan fingerprint density at radius 2 is 1.71 bits per heavy atom. The molecule has 0 radical (unpaired) electrons. The number of nitrogen functional groups attached to an aromatic ring is 1. The van der Waals surface area contributed by atoms with Crippen LogP contribution < -0.4 is 10.5 Å². The third kappa shape index (κ3) is 3.72. The Hall–Kier alpha value is -1.18. The van der Waals surface area contributed by atoms with E-state index in [2.05, 4.69) is 0 Å². The van der Waals surface area contributed by atoms with Crippen molar-refractivity contribution in [2.24, 2.45) is 0 Å². The van der Waals surface area contributed by atoms with Gasteiger partial charge in [-0.2, -0.15) is 8.42 Å². The Morgan fingerprint density at radius 3 is 2.29 bits per heavy atom. The molecule has 0 saturated carbocycles. The summed E-state index contributed by atoms with van der Waals surface area (Å²) in [5, 5.41) is 0.325. The van der Waals surface area contributed by atoms with Gasteiger partial charge >= 0.3 is 0 Å². The van der Waals surface area contributed by atoms with Crippen LogP contribution in [0.1, 0.15) is 0 Å². The summed E-state index contributed by atoms with van der Waals surface area (Å²) in [5.74, 6) is -0.147. The minimum atomic E-state index is -4.58. The summed E-state index contributed by atoms with van der Waals surface area (Å²) in [6.45, 7) is 0. The zero-order chi connectivity index (χ0) is 15.8. The molecule has 0 aliphatic carbocycles. The van der Waals surface area contributed by atoms with Crippen LogP contribution in [-0.4, -0.2) is 13.0 Å². The van der Waals surface area contributed by atoms with Crippen molar-refractivity contribution in [3.8, 4) is 11.5 Å². The van der Waals surface area contributed by atoms with E-state index in [0.717, 1.165) is 6.07 Å². The number of nitrogens with two attached hydrogens (primary N) is 1. The molecule has 0 aliphatic rings. The van der Waals surface area contributed by atoms with Crippen molar-refractivity contribution in [1.82, 2.24) is 0 Å². The second kappa shape index (κ2) is 5.90. The summed E-state index contributed by atoms with van der Waals surface area (Å²) in [6, 6.07) is 6.66. The van der Waals surface area contributed by atoms with Gasteiger partial charge < -0.3 is 10.5 Å². The number of hydrogen-bond donors (Lipinski definition) is 2. The fraction of sp³-hybridized carbons (Fsp3) is 0. The van der Waals surface area contributed by atoms with E-state index in [1.54, 1.807) is 0 Å². The van der Waals surface area contributed by atoms with E-state index in [1.165, 1.54) is 24.3 Å². The number of ether oxygens (including phenoxy) is 1. The Morgan fingerprint density at radius 1 is 1.05 bits per heavy atom. The molecule has 0 atom stereocenters. The molecule has 2 aromatic rings. The number of benzene rings is 2. The lowest BCUT2D eigenvalue weighted by Crippen LogP contribution is -2.02. The van der Waals surface area contributed by atoms with Crippen LogP contribution in [0.3, 0.4) is 0 Å². The van der Waals surface area contributed by atoms with Crippen molar-refractivity contribution in [2.75, 3.05) is 5.73 Å². The zero-order valence-corrected chi connectivity index (χ0v) is 13.3. The molecule has 2 rings (SSSR count). The van der Waals surface area contributed by atoms with Crippen LogP contribution in [0.4, 0.5) is 5.69 Å². The summed E-state index contributed by atoms with van der Waals surface area (Å²) in [4.78, 5) is -0.561. The normalized spacial score (nSPS) is 11.4. The average Bonchev–Trinajstić information content (AvgIpc) is 2.33. The standard InChI is InChI=1S/C12H8Cl3NO4S/c13-6-1-2-10(9(16)4-6)20-12-8(15)3-7(14)5-11(12)21(17,18)19/h1-5H,16H2,(H,17,18,19). The first kappa shape index (κ1) is 16.2. The van der Waals surface area contributed by atoms with Gasteiger partial charge in [0.25, 0.3) is 10.1 Å². The van der Waals surface area contributed by atoms with Crippen molar-refractivity contribution in [3.63, 3.8) is 0 Å². The maximum atomic E-state index is 11.4. The SMILES string of the molecule is Nc1cc(Cl)ccc1Oc1c(Cl)cc(Cl)cc1S(=O)(=O)O. The van der Waals surface area contributed by atoms with Gasteiger partial charge in [0, 0.05) is 10.0 Å². The first-order valence-electron chi connectivity index (χ1n) is 5.38. The maximum Gasteiger partial charge on any atom is 0.298 e. The second-order valence-electron chi connectivity index (χ2n) is 3.97. The van der Waals surface area contributed by atoms with Gasteiger partial charge in [-0.1, -0.05) is 34.8 Å². The van der Waals surface area contributed by atoms with Gasteiger partial charge in [-0.05, 0) is 30.3 Å². The lowest BCUT2D eigenvalue weighted by atomic mass is 10.3. The average molecular weight is 369 g/mol. The van der Waals surface area contributed by atoms with Crippen LogP contribution >= 0.6 is 34.8 Å². The Balaban J connectivity index is 2.59. The fourth-order valence-corrected chi connectivity index (χ4v) is 3.04. The quantitative estimate of drug-likeness (QED) is 0.624. The van der Waals surface area contributed by atoms with E-state index >= 15 is 0 Å². The molecular weight excluding hydrogens is 361 g/mol. The third-order valence-corrected chi connectivity index (χ3v) is 4.03.